The van der Waals surface area contributed by atoms with Crippen LogP contribution in [0, 0.1) is 5.41 Å². The summed E-state index contributed by atoms with van der Waals surface area (Å²) in [5.41, 5.74) is 0.143. The van der Waals surface area contributed by atoms with Gasteiger partial charge in [-0.25, -0.2) is 0 Å². The maximum atomic E-state index is 5.99. The summed E-state index contributed by atoms with van der Waals surface area (Å²) in [7, 11) is 0. The van der Waals surface area contributed by atoms with Gasteiger partial charge in [-0.1, -0.05) is 78.1 Å². The lowest BCUT2D eigenvalue weighted by Crippen LogP contribution is -2.33. The lowest BCUT2D eigenvalue weighted by atomic mass is 9.81. The van der Waals surface area contributed by atoms with Crippen molar-refractivity contribution < 1.29 is 18.9 Å². The summed E-state index contributed by atoms with van der Waals surface area (Å²) in [6, 6.07) is 0. The molecule has 1 aliphatic rings. The van der Waals surface area contributed by atoms with Crippen LogP contribution in [-0.2, 0) is 18.9 Å². The minimum atomic E-state index is 0.143. The lowest BCUT2D eigenvalue weighted by molar-refractivity contribution is -0.0600. The van der Waals surface area contributed by atoms with Gasteiger partial charge in [0.2, 0.25) is 0 Å². The van der Waals surface area contributed by atoms with Gasteiger partial charge in [0.05, 0.1) is 39.6 Å². The predicted octanol–water partition coefficient (Wildman–Crippen LogP) is 6.16. The van der Waals surface area contributed by atoms with Gasteiger partial charge >= 0.3 is 0 Å². The van der Waals surface area contributed by atoms with Gasteiger partial charge in [0.25, 0.3) is 0 Å². The molecular formula is C24H48O4. The summed E-state index contributed by atoms with van der Waals surface area (Å²) in [4.78, 5) is 0. The first-order valence-corrected chi connectivity index (χ1v) is 12.1. The summed E-state index contributed by atoms with van der Waals surface area (Å²) in [6.45, 7) is 10.4. The van der Waals surface area contributed by atoms with E-state index >= 15 is 0 Å². The van der Waals surface area contributed by atoms with E-state index in [9.17, 15) is 0 Å². The minimum Gasteiger partial charge on any atom is -0.379 e. The van der Waals surface area contributed by atoms with Crippen LogP contribution in [0.5, 0.6) is 0 Å². The fourth-order valence-corrected chi connectivity index (χ4v) is 3.83. The summed E-state index contributed by atoms with van der Waals surface area (Å²) >= 11 is 0. The molecule has 28 heavy (non-hydrogen) atoms. The first-order valence-electron chi connectivity index (χ1n) is 12.1. The van der Waals surface area contributed by atoms with Crippen molar-refractivity contribution in [3.05, 3.63) is 0 Å². The molecule has 0 radical (unpaired) electrons. The van der Waals surface area contributed by atoms with E-state index in [1.165, 1.54) is 70.6 Å². The summed E-state index contributed by atoms with van der Waals surface area (Å²) in [5.74, 6) is 0. The zero-order valence-electron chi connectivity index (χ0n) is 19.0. The normalized spacial score (nSPS) is 19.9. The molecule has 4 heteroatoms. The summed E-state index contributed by atoms with van der Waals surface area (Å²) in [5, 5.41) is 0. The van der Waals surface area contributed by atoms with E-state index in [0.717, 1.165) is 39.3 Å². The van der Waals surface area contributed by atoms with Crippen LogP contribution in [0.2, 0.25) is 0 Å². The van der Waals surface area contributed by atoms with Crippen molar-refractivity contribution in [3.63, 3.8) is 0 Å². The van der Waals surface area contributed by atoms with Crippen molar-refractivity contribution in [2.24, 2.45) is 5.41 Å². The molecule has 0 amide bonds. The highest BCUT2D eigenvalue weighted by Crippen LogP contribution is 2.30. The third-order valence-electron chi connectivity index (χ3n) is 5.95. The van der Waals surface area contributed by atoms with Crippen molar-refractivity contribution >= 4 is 0 Å². The lowest BCUT2D eigenvalue weighted by Gasteiger charge is -2.32. The highest BCUT2D eigenvalue weighted by Gasteiger charge is 2.28. The molecule has 0 aromatic carbocycles. The largest absolute Gasteiger partial charge is 0.379 e. The van der Waals surface area contributed by atoms with Gasteiger partial charge in [0.15, 0.2) is 0 Å². The Bertz CT molecular complexity index is 308. The fraction of sp³-hybridized carbons (Fsp3) is 1.00. The molecule has 1 rings (SSSR count). The summed E-state index contributed by atoms with van der Waals surface area (Å²) < 4.78 is 23.2. The van der Waals surface area contributed by atoms with E-state index in [1.807, 2.05) is 0 Å². The van der Waals surface area contributed by atoms with Crippen molar-refractivity contribution in [3.8, 4) is 0 Å². The van der Waals surface area contributed by atoms with Crippen LogP contribution in [0.1, 0.15) is 97.3 Å². The highest BCUT2D eigenvalue weighted by atomic mass is 16.5. The smallest absolute Gasteiger partial charge is 0.0700 e. The molecule has 0 aliphatic carbocycles. The molecule has 0 saturated carbocycles. The zero-order chi connectivity index (χ0) is 20.2. The molecule has 0 aromatic rings. The Balaban J connectivity index is 2.23. The Morgan fingerprint density at radius 3 is 1.50 bits per heavy atom. The topological polar surface area (TPSA) is 36.9 Å². The van der Waals surface area contributed by atoms with E-state index in [0.29, 0.717) is 26.4 Å². The second-order valence-electron chi connectivity index (χ2n) is 8.47. The molecule has 1 aliphatic heterocycles. The van der Waals surface area contributed by atoms with Crippen LogP contribution < -0.4 is 0 Å². The van der Waals surface area contributed by atoms with Crippen molar-refractivity contribution in [1.82, 2.24) is 0 Å². The average Bonchev–Trinajstić information content (AvgIpc) is 2.72. The Morgan fingerprint density at radius 1 is 0.536 bits per heavy atom. The molecule has 0 bridgehead atoms. The van der Waals surface area contributed by atoms with E-state index in [4.69, 9.17) is 18.9 Å². The Kier molecular flexibility index (Phi) is 17.4. The number of rotatable bonds is 12. The van der Waals surface area contributed by atoms with Crippen LogP contribution in [0.4, 0.5) is 0 Å². The first kappa shape index (κ1) is 25.9. The van der Waals surface area contributed by atoms with Gasteiger partial charge in [-0.2, -0.15) is 0 Å². The number of ether oxygens (including phenoxy) is 4. The van der Waals surface area contributed by atoms with E-state index in [1.54, 1.807) is 0 Å². The standard InChI is InChI=1S/C24H48O4/c1-3-5-6-7-8-9-10-11-12-13-15-24(4-2)22-27-20-18-25-16-14-17-26-19-21-28-23-24/h3-23H2,1-2H3. The number of hydrogen-bond donors (Lipinski definition) is 0. The first-order chi connectivity index (χ1) is 13.8. The summed E-state index contributed by atoms with van der Waals surface area (Å²) in [6.07, 6.45) is 17.1. The monoisotopic (exact) mass is 400 g/mol. The Labute approximate surface area is 175 Å². The van der Waals surface area contributed by atoms with Gasteiger partial charge in [0.1, 0.15) is 0 Å². The van der Waals surface area contributed by atoms with Gasteiger partial charge in [-0.3, -0.25) is 0 Å². The molecule has 0 unspecified atom stereocenters. The van der Waals surface area contributed by atoms with E-state index in [2.05, 4.69) is 13.8 Å². The molecule has 0 aromatic heterocycles. The maximum Gasteiger partial charge on any atom is 0.0700 e. The molecule has 1 saturated heterocycles. The van der Waals surface area contributed by atoms with Crippen LogP contribution in [0.15, 0.2) is 0 Å². The Hall–Kier alpha value is -0.160. The van der Waals surface area contributed by atoms with E-state index < -0.39 is 0 Å². The SMILES string of the molecule is CCCCCCCCCCCCC1(CC)COCCOCCCOCCOC1. The Morgan fingerprint density at radius 2 is 1.00 bits per heavy atom. The van der Waals surface area contributed by atoms with Crippen molar-refractivity contribution in [1.29, 1.82) is 0 Å². The number of hydrogen-bond acceptors (Lipinski definition) is 4. The molecule has 1 fully saturated rings. The maximum absolute atomic E-state index is 5.99. The van der Waals surface area contributed by atoms with E-state index in [-0.39, 0.29) is 5.41 Å². The third-order valence-corrected chi connectivity index (χ3v) is 5.95. The quantitative estimate of drug-likeness (QED) is 0.367. The van der Waals surface area contributed by atoms with Crippen LogP contribution in [0.3, 0.4) is 0 Å². The third kappa shape index (κ3) is 13.9. The van der Waals surface area contributed by atoms with Gasteiger partial charge in [0, 0.05) is 18.6 Å². The molecular weight excluding hydrogens is 352 g/mol. The predicted molar refractivity (Wildman–Crippen MR) is 117 cm³/mol. The molecule has 4 nitrogen and oxygen atoms in total. The van der Waals surface area contributed by atoms with Gasteiger partial charge in [-0.15, -0.1) is 0 Å². The highest BCUT2D eigenvalue weighted by molar-refractivity contribution is 4.78. The van der Waals surface area contributed by atoms with Crippen molar-refractivity contribution in [2.45, 2.75) is 97.3 Å². The zero-order valence-corrected chi connectivity index (χ0v) is 19.0. The molecule has 168 valence electrons. The van der Waals surface area contributed by atoms with Gasteiger partial charge in [-0.05, 0) is 19.3 Å². The number of unbranched alkanes of at least 4 members (excludes halogenated alkanes) is 9. The minimum absolute atomic E-state index is 0.143. The average molecular weight is 401 g/mol. The molecule has 0 spiro atoms. The second kappa shape index (κ2) is 18.8. The molecule has 0 N–H and O–H groups in total. The van der Waals surface area contributed by atoms with Gasteiger partial charge < -0.3 is 18.9 Å². The van der Waals surface area contributed by atoms with Crippen LogP contribution in [0.25, 0.3) is 0 Å². The fourth-order valence-electron chi connectivity index (χ4n) is 3.83. The van der Waals surface area contributed by atoms with Crippen LogP contribution in [-0.4, -0.2) is 52.9 Å². The van der Waals surface area contributed by atoms with Crippen molar-refractivity contribution in [2.75, 3.05) is 52.9 Å². The molecule has 1 heterocycles. The van der Waals surface area contributed by atoms with Crippen LogP contribution >= 0.6 is 0 Å². The second-order valence-corrected chi connectivity index (χ2v) is 8.47. The molecule has 0 atom stereocenters.